The highest BCUT2D eigenvalue weighted by molar-refractivity contribution is 5.71. The van der Waals surface area contributed by atoms with Crippen molar-refractivity contribution < 1.29 is 9.47 Å². The molecule has 4 heteroatoms. The maximum atomic E-state index is 6.17. The number of hydrogen-bond acceptors (Lipinski definition) is 4. The van der Waals surface area contributed by atoms with Crippen molar-refractivity contribution in [2.45, 2.75) is 45.1 Å². The summed E-state index contributed by atoms with van der Waals surface area (Å²) in [6.07, 6.45) is 6.02. The van der Waals surface area contributed by atoms with Gasteiger partial charge >= 0.3 is 0 Å². The van der Waals surface area contributed by atoms with E-state index in [1.54, 1.807) is 14.2 Å². The van der Waals surface area contributed by atoms with Gasteiger partial charge in [-0.15, -0.1) is 0 Å². The molecule has 0 fully saturated rings. The Morgan fingerprint density at radius 1 is 1.00 bits per heavy atom. The fourth-order valence-corrected chi connectivity index (χ4v) is 4.67. The van der Waals surface area contributed by atoms with E-state index in [9.17, 15) is 0 Å². The van der Waals surface area contributed by atoms with Crippen LogP contribution in [0.1, 0.15) is 47.1 Å². The zero-order valence-corrected chi connectivity index (χ0v) is 18.1. The van der Waals surface area contributed by atoms with Gasteiger partial charge in [0.2, 0.25) is 0 Å². The van der Waals surface area contributed by atoms with Crippen LogP contribution in [-0.4, -0.2) is 19.2 Å². The molecule has 2 aromatic carbocycles. The van der Waals surface area contributed by atoms with Crippen LogP contribution in [0.3, 0.4) is 0 Å². The second-order valence-electron chi connectivity index (χ2n) is 7.88. The highest BCUT2D eigenvalue weighted by atomic mass is 16.5. The number of benzene rings is 2. The summed E-state index contributed by atoms with van der Waals surface area (Å²) in [6, 6.07) is 14.9. The molecule has 0 aliphatic heterocycles. The van der Waals surface area contributed by atoms with Crippen molar-refractivity contribution in [1.29, 1.82) is 0 Å². The molecule has 1 aromatic heterocycles. The van der Waals surface area contributed by atoms with Crippen molar-refractivity contribution in [2.75, 3.05) is 14.2 Å². The molecule has 0 bridgehead atoms. The Hall–Kier alpha value is -2.85. The number of rotatable bonds is 6. The first kappa shape index (κ1) is 20.4. The minimum atomic E-state index is 0.435. The molecule has 0 radical (unpaired) electrons. The molecule has 0 spiro atoms. The van der Waals surface area contributed by atoms with Gasteiger partial charge in [-0.3, -0.25) is 4.98 Å². The van der Waals surface area contributed by atoms with Crippen LogP contribution in [0.4, 0.5) is 0 Å². The maximum Gasteiger partial charge on any atom is 0.119 e. The number of nitrogens with two attached hydrogens (primary N) is 1. The van der Waals surface area contributed by atoms with Crippen molar-refractivity contribution in [2.24, 2.45) is 5.73 Å². The molecular weight excluding hydrogens is 372 g/mol. The number of fused-ring (bicyclic) bond motifs is 1. The highest BCUT2D eigenvalue weighted by Gasteiger charge is 2.25. The fraction of sp³-hybridized carbons (Fsp3) is 0.346. The van der Waals surface area contributed by atoms with Gasteiger partial charge in [-0.25, -0.2) is 0 Å². The smallest absolute Gasteiger partial charge is 0.119 e. The van der Waals surface area contributed by atoms with Crippen molar-refractivity contribution in [3.05, 3.63) is 76.5 Å². The molecule has 4 rings (SSSR count). The second-order valence-corrected chi connectivity index (χ2v) is 7.88. The van der Waals surface area contributed by atoms with Crippen LogP contribution in [0, 0.1) is 0 Å². The normalized spacial score (nSPS) is 15.5. The van der Waals surface area contributed by atoms with Crippen molar-refractivity contribution in [3.8, 4) is 22.8 Å². The van der Waals surface area contributed by atoms with Crippen LogP contribution >= 0.6 is 0 Å². The van der Waals surface area contributed by atoms with Crippen molar-refractivity contribution >= 4 is 0 Å². The first-order valence-corrected chi connectivity index (χ1v) is 10.7. The zero-order chi connectivity index (χ0) is 21.1. The third-order valence-corrected chi connectivity index (χ3v) is 6.34. The monoisotopic (exact) mass is 402 g/mol. The predicted octanol–water partition coefficient (Wildman–Crippen LogP) is 5.06. The molecule has 0 saturated heterocycles. The Labute approximate surface area is 179 Å². The predicted molar refractivity (Wildman–Crippen MR) is 121 cm³/mol. The number of nitrogens with zero attached hydrogens (tertiary/aromatic N) is 1. The molecular formula is C26H30N2O2. The lowest BCUT2D eigenvalue weighted by Gasteiger charge is -2.28. The molecule has 30 heavy (non-hydrogen) atoms. The lowest BCUT2D eigenvalue weighted by Crippen LogP contribution is -2.15. The number of methoxy groups -OCH3 is 2. The third kappa shape index (κ3) is 3.80. The largest absolute Gasteiger partial charge is 0.497 e. The molecule has 0 saturated carbocycles. The number of hydrogen-bond donors (Lipinski definition) is 1. The lowest BCUT2D eigenvalue weighted by molar-refractivity contribution is 0.413. The average molecular weight is 403 g/mol. The number of pyridine rings is 1. The second kappa shape index (κ2) is 8.88. The first-order chi connectivity index (χ1) is 14.7. The molecule has 1 atom stereocenters. The van der Waals surface area contributed by atoms with Gasteiger partial charge < -0.3 is 15.2 Å². The van der Waals surface area contributed by atoms with Crippen LogP contribution < -0.4 is 15.2 Å². The topological polar surface area (TPSA) is 57.4 Å². The van der Waals surface area contributed by atoms with E-state index in [1.165, 1.54) is 22.3 Å². The summed E-state index contributed by atoms with van der Waals surface area (Å²) in [5.41, 5.74) is 14.8. The maximum absolute atomic E-state index is 6.17. The number of aromatic nitrogens is 1. The quantitative estimate of drug-likeness (QED) is 0.626. The van der Waals surface area contributed by atoms with Gasteiger partial charge in [0.25, 0.3) is 0 Å². The van der Waals surface area contributed by atoms with Gasteiger partial charge in [0.1, 0.15) is 11.5 Å². The Morgan fingerprint density at radius 2 is 1.77 bits per heavy atom. The third-order valence-electron chi connectivity index (χ3n) is 6.34. The first-order valence-electron chi connectivity index (χ1n) is 10.7. The molecule has 1 aliphatic carbocycles. The van der Waals surface area contributed by atoms with Gasteiger partial charge in [0.15, 0.2) is 0 Å². The molecule has 3 aromatic rings. The van der Waals surface area contributed by atoms with Crippen LogP contribution in [0.2, 0.25) is 0 Å². The summed E-state index contributed by atoms with van der Waals surface area (Å²) in [7, 11) is 3.44. The van der Waals surface area contributed by atoms with E-state index in [0.29, 0.717) is 12.5 Å². The summed E-state index contributed by atoms with van der Waals surface area (Å²) in [6.45, 7) is 2.65. The van der Waals surface area contributed by atoms with E-state index < -0.39 is 0 Å². The Bertz CT molecular complexity index is 1050. The Morgan fingerprint density at radius 3 is 2.50 bits per heavy atom. The van der Waals surface area contributed by atoms with Gasteiger partial charge in [-0.1, -0.05) is 19.1 Å². The van der Waals surface area contributed by atoms with Gasteiger partial charge in [0, 0.05) is 18.3 Å². The van der Waals surface area contributed by atoms with Crippen molar-refractivity contribution in [3.63, 3.8) is 0 Å². The highest BCUT2D eigenvalue weighted by Crippen LogP contribution is 2.40. The summed E-state index contributed by atoms with van der Waals surface area (Å²) in [4.78, 5) is 4.77. The lowest BCUT2D eigenvalue weighted by atomic mass is 9.78. The molecule has 1 unspecified atom stereocenters. The number of ether oxygens (including phenoxy) is 2. The van der Waals surface area contributed by atoms with Gasteiger partial charge in [0.05, 0.1) is 19.9 Å². The van der Waals surface area contributed by atoms with E-state index >= 15 is 0 Å². The SMILES string of the molecule is CCc1ccnc(-c2cc(OC)ccc2C2CCc3cc(OC)ccc3C2)c1CN. The Kier molecular flexibility index (Phi) is 6.05. The molecule has 156 valence electrons. The summed E-state index contributed by atoms with van der Waals surface area (Å²) < 4.78 is 11.0. The molecule has 4 nitrogen and oxygen atoms in total. The van der Waals surface area contributed by atoms with E-state index in [2.05, 4.69) is 49.4 Å². The van der Waals surface area contributed by atoms with Gasteiger partial charge in [-0.2, -0.15) is 0 Å². The van der Waals surface area contributed by atoms with Crippen LogP contribution in [0.5, 0.6) is 11.5 Å². The fourth-order valence-electron chi connectivity index (χ4n) is 4.67. The minimum absolute atomic E-state index is 0.435. The standard InChI is InChI=1S/C26H30N2O2/c1-4-17-11-12-28-26(25(17)16-27)24-15-22(30-3)9-10-23(24)20-6-5-19-14-21(29-2)8-7-18(19)13-20/h7-12,14-15,20H,4-6,13,16,27H2,1-3H3. The zero-order valence-electron chi connectivity index (χ0n) is 18.1. The minimum Gasteiger partial charge on any atom is -0.497 e. The number of aryl methyl sites for hydroxylation is 2. The molecule has 2 N–H and O–H groups in total. The van der Waals surface area contributed by atoms with E-state index in [1.807, 2.05) is 6.20 Å². The van der Waals surface area contributed by atoms with E-state index in [0.717, 1.165) is 54.0 Å². The Balaban J connectivity index is 1.79. The van der Waals surface area contributed by atoms with Gasteiger partial charge in [-0.05, 0) is 89.8 Å². The summed E-state index contributed by atoms with van der Waals surface area (Å²) >= 11 is 0. The summed E-state index contributed by atoms with van der Waals surface area (Å²) in [5, 5.41) is 0. The average Bonchev–Trinajstić information content (AvgIpc) is 2.82. The molecule has 0 amide bonds. The van der Waals surface area contributed by atoms with Crippen LogP contribution in [0.25, 0.3) is 11.3 Å². The van der Waals surface area contributed by atoms with Crippen LogP contribution in [-0.2, 0) is 25.8 Å². The summed E-state index contributed by atoms with van der Waals surface area (Å²) in [5.74, 6) is 2.22. The molecule has 1 aliphatic rings. The molecule has 1 heterocycles. The van der Waals surface area contributed by atoms with Crippen LogP contribution in [0.15, 0.2) is 48.7 Å². The van der Waals surface area contributed by atoms with E-state index in [-0.39, 0.29) is 0 Å². The van der Waals surface area contributed by atoms with Crippen molar-refractivity contribution in [1.82, 2.24) is 4.98 Å². The van der Waals surface area contributed by atoms with E-state index in [4.69, 9.17) is 20.2 Å².